The molecule has 21 heteroatoms. The average molecular weight is 1490 g/mol. The summed E-state index contributed by atoms with van der Waals surface area (Å²) in [5, 5.41) is 104. The molecular weight excluding hydrogens is 1440 g/mol. The van der Waals surface area contributed by atoms with E-state index < -0.39 is 153 Å². The van der Waals surface area contributed by atoms with Crippen LogP contribution >= 0.6 is 11.6 Å². The fourth-order valence-electron chi connectivity index (χ4n) is 23.1. The van der Waals surface area contributed by atoms with Gasteiger partial charge in [-0.3, -0.25) is 47.9 Å². The van der Waals surface area contributed by atoms with E-state index >= 15 is 0 Å². The number of aliphatic carboxylic acids is 10. The minimum atomic E-state index is -1.99. The van der Waals surface area contributed by atoms with Gasteiger partial charge in [-0.1, -0.05) is 182 Å². The van der Waals surface area contributed by atoms with Crippen LogP contribution in [0.2, 0.25) is 0 Å². The van der Waals surface area contributed by atoms with E-state index in [9.17, 15) is 111 Å². The predicted octanol–water partition coefficient (Wildman–Crippen LogP) is 11.9. The molecule has 0 saturated carbocycles. The van der Waals surface area contributed by atoms with Gasteiger partial charge < -0.3 is 51.1 Å². The lowest BCUT2D eigenvalue weighted by molar-refractivity contribution is -0.156. The quantitative estimate of drug-likeness (QED) is 0.0188. The second-order valence-corrected chi connectivity index (χ2v) is 31.7. The first-order valence-corrected chi connectivity index (χ1v) is 36.5. The van der Waals surface area contributed by atoms with E-state index in [4.69, 9.17) is 0 Å². The van der Waals surface area contributed by atoms with Gasteiger partial charge in [0.1, 0.15) is 4.87 Å². The molecule has 2 unspecified atom stereocenters. The number of hydrogen-bond donors (Lipinski definition) is 10. The molecule has 542 valence electrons. The van der Waals surface area contributed by atoms with Gasteiger partial charge in [-0.05, 0) is 221 Å². The van der Waals surface area contributed by atoms with Crippen molar-refractivity contribution in [2.45, 2.75) is 64.1 Å². The van der Waals surface area contributed by atoms with Crippen molar-refractivity contribution in [2.24, 2.45) is 29.6 Å². The lowest BCUT2D eigenvalue weighted by Gasteiger charge is -2.64. The summed E-state index contributed by atoms with van der Waals surface area (Å²) in [6.45, 7) is 0. The number of alkyl halides is 1. The Kier molecular flexibility index (Phi) is 12.5. The van der Waals surface area contributed by atoms with Crippen LogP contribution in [0.1, 0.15) is 111 Å². The van der Waals surface area contributed by atoms with E-state index in [2.05, 4.69) is 60.7 Å². The number of allylic oxidation sites excluding steroid dienone is 4. The van der Waals surface area contributed by atoms with E-state index in [0.29, 0.717) is 66.8 Å². The number of carbonyl (C=O) groups is 10. The summed E-state index contributed by atoms with van der Waals surface area (Å²) in [6, 6.07) is 58.2. The maximum absolute atomic E-state index is 12.8. The molecule has 0 aromatic heterocycles. The molecule has 11 aliphatic rings. The fraction of sp³-hybridized carbons (Fsp3) is 0.178. The summed E-state index contributed by atoms with van der Waals surface area (Å²) < 4.78 is 0. The van der Waals surface area contributed by atoms with Gasteiger partial charge in [0.15, 0.2) is 29.6 Å². The molecule has 0 bridgehead atoms. The van der Waals surface area contributed by atoms with Crippen molar-refractivity contribution >= 4 is 71.3 Å². The highest BCUT2D eigenvalue weighted by molar-refractivity contribution is 6.35. The minimum Gasteiger partial charge on any atom is -0.481 e. The first-order valence-electron chi connectivity index (χ1n) is 36.1. The number of rotatable bonds is 25. The zero-order chi connectivity index (χ0) is 77.0. The van der Waals surface area contributed by atoms with Crippen LogP contribution in [0.5, 0.6) is 0 Å². The number of carboxylic acid groups (broad SMARTS) is 10. The van der Waals surface area contributed by atoms with Crippen LogP contribution in [-0.4, -0.2) is 116 Å². The number of benzene rings is 10. The Balaban J connectivity index is 1.00. The standard InChI is InChI=1S/C90H55ClO20/c91-90-73-71-72-74(90)88(44-17-7-39(8-18-44)34-59(81(104)105)82(106)107)66-51-26-24-49-47-22-21-46-48-23-25-50-52-27-29-54-55-30-28-53(51)68(88)70(55)89(90,45-19-9-40(10-20-45)35-60(83(108)109)84(110)111)69(54)67(52)87(73,43-15-5-38(6-16-43)33-58(79(100)101)80(102)103)65(50)63(48)85(71,41-11-1-36(2-12-41)31-56(75(92)93)76(94)95)61(46)62(47)86(72,64(49)66)42-13-3-37(4-14-42)32-57(77(96)97)78(98)99/h1-30,56-60H,31-35H2,(H,92,93)(H,94,95)(H,96,97)(H,98,99)(H,100,101)(H,102,103)(H,104,105)(H,106,107)(H,108,109)(H,110,111)/t85-,86+,87-,88+,89?,90?. The number of hydrogen-bond acceptors (Lipinski definition) is 10. The molecule has 0 spiro atoms. The second-order valence-electron chi connectivity index (χ2n) is 31.1. The van der Waals surface area contributed by atoms with Crippen molar-refractivity contribution in [3.63, 3.8) is 0 Å². The van der Waals surface area contributed by atoms with E-state index in [1.165, 1.54) is 0 Å². The third-order valence-corrected chi connectivity index (χ3v) is 27.5. The van der Waals surface area contributed by atoms with Crippen LogP contribution in [-0.2, 0) is 107 Å². The molecule has 10 aromatic rings. The third-order valence-electron chi connectivity index (χ3n) is 26.8. The highest BCUT2D eigenvalue weighted by Gasteiger charge is 2.87. The summed E-state index contributed by atoms with van der Waals surface area (Å²) in [5.74, 6) is -24.6. The summed E-state index contributed by atoms with van der Waals surface area (Å²) in [6.07, 6.45) is -1.99. The van der Waals surface area contributed by atoms with E-state index in [1.807, 2.05) is 60.7 Å². The Labute approximate surface area is 631 Å². The molecule has 111 heavy (non-hydrogen) atoms. The lowest BCUT2D eigenvalue weighted by Crippen LogP contribution is -2.65. The molecule has 10 N–H and O–H groups in total. The fourth-order valence-corrected chi connectivity index (χ4v) is 23.9. The Hall–Kier alpha value is -13.3. The zero-order valence-electron chi connectivity index (χ0n) is 57.7. The second kappa shape index (κ2) is 21.1. The minimum absolute atomic E-state index is 0.378. The van der Waals surface area contributed by atoms with Gasteiger partial charge in [-0.15, -0.1) is 11.6 Å². The molecule has 0 heterocycles. The van der Waals surface area contributed by atoms with Crippen LogP contribution in [0.15, 0.2) is 204 Å². The van der Waals surface area contributed by atoms with Crippen LogP contribution in [0.3, 0.4) is 0 Å². The normalized spacial score (nSPS) is 22.5. The first-order chi connectivity index (χ1) is 53.2. The summed E-state index contributed by atoms with van der Waals surface area (Å²) in [5.41, 5.74) is 16.9. The van der Waals surface area contributed by atoms with Crippen molar-refractivity contribution < 1.29 is 99.0 Å². The number of halogens is 1. The summed E-state index contributed by atoms with van der Waals surface area (Å²) in [7, 11) is 0. The van der Waals surface area contributed by atoms with Crippen molar-refractivity contribution in [3.8, 4) is 55.6 Å². The highest BCUT2D eigenvalue weighted by atomic mass is 35.5. The molecule has 11 aliphatic carbocycles. The Bertz CT molecular complexity index is 5970. The largest absolute Gasteiger partial charge is 0.481 e. The van der Waals surface area contributed by atoms with Crippen molar-refractivity contribution in [2.75, 3.05) is 0 Å². The smallest absolute Gasteiger partial charge is 0.318 e. The van der Waals surface area contributed by atoms with Crippen molar-refractivity contribution in [3.05, 3.63) is 316 Å². The van der Waals surface area contributed by atoms with E-state index in [0.717, 1.165) is 122 Å². The lowest BCUT2D eigenvalue weighted by atomic mass is 9.40. The molecule has 0 saturated heterocycles. The molecule has 10 aromatic carbocycles. The van der Waals surface area contributed by atoms with Gasteiger partial charge in [0, 0.05) is 0 Å². The van der Waals surface area contributed by atoms with Gasteiger partial charge >= 0.3 is 59.7 Å². The molecular formula is C90H55ClO20. The highest BCUT2D eigenvalue weighted by Crippen LogP contribution is 2.92. The molecule has 0 fully saturated rings. The Morgan fingerprint density at radius 3 is 0.586 bits per heavy atom. The Morgan fingerprint density at radius 2 is 0.387 bits per heavy atom. The SMILES string of the molecule is O=C(O)C(Cc1ccc(C23c4c5ccc6c4[C@@]4(c7ccc(CC(C(=O)O)C(=O)O)cc7)C7=C8C9=C(C72Cl)[C@@]2(c7ccc(CC(C(=O)O)C(=O)O)cc7)c7c(ccc-5c73)-c3ccc5c(c32)[C@@]9(c2ccc(CC(C(=O)O)C(=O)O)cc2)c2c-5ccc3c2[C@@]8(c2ccc(CC(C(=O)O)C(=O)O)cc2)c2c-3ccc-6c24)cc1)C(=O)O. The number of fused-ring (bicyclic) bond motifs is 5. The van der Waals surface area contributed by atoms with E-state index in [-0.39, 0.29) is 0 Å². The molecule has 21 rings (SSSR count). The molecule has 20 nitrogen and oxygen atoms in total. The first kappa shape index (κ1) is 65.9. The van der Waals surface area contributed by atoms with Crippen molar-refractivity contribution in [1.82, 2.24) is 0 Å². The van der Waals surface area contributed by atoms with Crippen molar-refractivity contribution in [1.29, 1.82) is 0 Å². The molecule has 6 atom stereocenters. The monoisotopic (exact) mass is 1490 g/mol. The maximum atomic E-state index is 12.8. The van der Waals surface area contributed by atoms with Crippen LogP contribution < -0.4 is 0 Å². The average Bonchev–Trinajstić information content (AvgIpc) is 1.39. The predicted molar refractivity (Wildman–Crippen MR) is 394 cm³/mol. The summed E-state index contributed by atoms with van der Waals surface area (Å²) in [4.78, 5) is 126. The molecule has 0 aliphatic heterocycles. The van der Waals surface area contributed by atoms with Crippen LogP contribution in [0.25, 0.3) is 55.6 Å². The van der Waals surface area contributed by atoms with Crippen LogP contribution in [0, 0.1) is 29.6 Å². The maximum Gasteiger partial charge on any atom is 0.318 e. The zero-order valence-corrected chi connectivity index (χ0v) is 58.4. The Morgan fingerprint density at radius 1 is 0.225 bits per heavy atom. The van der Waals surface area contributed by atoms with E-state index in [1.54, 1.807) is 60.7 Å². The summed E-state index contributed by atoms with van der Waals surface area (Å²) >= 11 is 10.5. The third kappa shape index (κ3) is 7.13. The molecule has 0 radical (unpaired) electrons. The van der Waals surface area contributed by atoms with Gasteiger partial charge in [-0.25, -0.2) is 0 Å². The van der Waals surface area contributed by atoms with Gasteiger partial charge in [-0.2, -0.15) is 0 Å². The van der Waals surface area contributed by atoms with Crippen LogP contribution in [0.4, 0.5) is 0 Å². The van der Waals surface area contributed by atoms with Gasteiger partial charge in [0.05, 0.1) is 27.1 Å². The number of carboxylic acids is 10. The van der Waals surface area contributed by atoms with Gasteiger partial charge in [0.25, 0.3) is 0 Å². The molecule has 0 amide bonds. The van der Waals surface area contributed by atoms with Gasteiger partial charge in [0.2, 0.25) is 0 Å². The topological polar surface area (TPSA) is 373 Å².